The Morgan fingerprint density at radius 1 is 1.23 bits per heavy atom. The number of ether oxygens (including phenoxy) is 1. The van der Waals surface area contributed by atoms with Crippen LogP contribution in [0.4, 0.5) is 0 Å². The molecule has 2 aromatic rings. The number of rotatable bonds is 5. The molecule has 0 bridgehead atoms. The summed E-state index contributed by atoms with van der Waals surface area (Å²) in [5, 5.41) is 16.6. The number of para-hydroxylation sites is 1. The average Bonchev–Trinajstić information content (AvgIpc) is 2.63. The van der Waals surface area contributed by atoms with Crippen molar-refractivity contribution in [1.82, 2.24) is 5.32 Å². The molecule has 26 heavy (non-hydrogen) atoms. The summed E-state index contributed by atoms with van der Waals surface area (Å²) in [6, 6.07) is 14.0. The first-order valence-corrected chi connectivity index (χ1v) is 9.82. The largest absolute Gasteiger partial charge is 0.504 e. The van der Waals surface area contributed by atoms with E-state index in [4.69, 9.17) is 4.74 Å². The fraction of sp³-hybridized carbons (Fsp3) is 0.333. The number of aromatic hydroxyl groups is 1. The van der Waals surface area contributed by atoms with Crippen molar-refractivity contribution in [2.45, 2.75) is 33.0 Å². The second-order valence-electron chi connectivity index (χ2n) is 6.85. The van der Waals surface area contributed by atoms with Gasteiger partial charge in [0.25, 0.3) is 0 Å². The molecular weight excluding hydrogens is 392 g/mol. The van der Waals surface area contributed by atoms with Gasteiger partial charge in [0, 0.05) is 22.2 Å². The standard InChI is InChI=1S/C21H25BrN2O2/c1-4-26-19-10-6-9-16(20(19)25)18-12-17(23-21(24-18)13(2)3)14-7-5-8-15(22)11-14/h5-13,18,21,23-25H,4H2,1-3H3/p+1. The van der Waals surface area contributed by atoms with E-state index in [-0.39, 0.29) is 18.0 Å². The quantitative estimate of drug-likeness (QED) is 0.693. The van der Waals surface area contributed by atoms with E-state index in [2.05, 4.69) is 58.6 Å². The van der Waals surface area contributed by atoms with Crippen LogP contribution in [0.5, 0.6) is 11.5 Å². The Hall–Kier alpha value is -1.98. The summed E-state index contributed by atoms with van der Waals surface area (Å²) in [5.41, 5.74) is 3.08. The molecule has 1 aliphatic rings. The van der Waals surface area contributed by atoms with Crippen LogP contribution in [0.3, 0.4) is 0 Å². The molecule has 138 valence electrons. The lowest BCUT2D eigenvalue weighted by Crippen LogP contribution is -2.96. The molecule has 0 radical (unpaired) electrons. The zero-order valence-corrected chi connectivity index (χ0v) is 17.0. The van der Waals surface area contributed by atoms with Crippen LogP contribution in [-0.2, 0) is 0 Å². The molecule has 2 atom stereocenters. The predicted octanol–water partition coefficient (Wildman–Crippen LogP) is 3.78. The van der Waals surface area contributed by atoms with Gasteiger partial charge < -0.3 is 20.5 Å². The van der Waals surface area contributed by atoms with Crippen LogP contribution >= 0.6 is 15.9 Å². The first kappa shape index (κ1) is 18.8. The minimum Gasteiger partial charge on any atom is -0.504 e. The van der Waals surface area contributed by atoms with Gasteiger partial charge in [-0.2, -0.15) is 0 Å². The Kier molecular flexibility index (Phi) is 5.89. The fourth-order valence-electron chi connectivity index (χ4n) is 3.23. The number of quaternary nitrogens is 1. The molecule has 0 aromatic heterocycles. The van der Waals surface area contributed by atoms with Crippen molar-refractivity contribution in [3.63, 3.8) is 0 Å². The van der Waals surface area contributed by atoms with Crippen molar-refractivity contribution in [1.29, 1.82) is 0 Å². The number of hydrogen-bond acceptors (Lipinski definition) is 3. The molecule has 0 saturated heterocycles. The van der Waals surface area contributed by atoms with Crippen molar-refractivity contribution in [3.05, 3.63) is 64.1 Å². The van der Waals surface area contributed by atoms with E-state index in [0.717, 1.165) is 21.3 Å². The summed E-state index contributed by atoms with van der Waals surface area (Å²) < 4.78 is 6.61. The maximum atomic E-state index is 10.7. The Morgan fingerprint density at radius 3 is 2.69 bits per heavy atom. The van der Waals surface area contributed by atoms with Crippen molar-refractivity contribution in [3.8, 4) is 11.5 Å². The molecule has 4 N–H and O–H groups in total. The Morgan fingerprint density at radius 2 is 2.00 bits per heavy atom. The molecule has 0 spiro atoms. The minimum atomic E-state index is 0.0121. The highest BCUT2D eigenvalue weighted by Gasteiger charge is 2.30. The van der Waals surface area contributed by atoms with E-state index in [0.29, 0.717) is 18.3 Å². The molecule has 5 heteroatoms. The Bertz CT molecular complexity index is 804. The molecule has 0 fully saturated rings. The van der Waals surface area contributed by atoms with Crippen LogP contribution in [0.1, 0.15) is 37.9 Å². The van der Waals surface area contributed by atoms with Crippen LogP contribution in [0.25, 0.3) is 5.70 Å². The monoisotopic (exact) mass is 417 g/mol. The summed E-state index contributed by atoms with van der Waals surface area (Å²) in [4.78, 5) is 0. The highest BCUT2D eigenvalue weighted by Crippen LogP contribution is 2.35. The first-order chi connectivity index (χ1) is 12.5. The van der Waals surface area contributed by atoms with Crippen molar-refractivity contribution in [2.75, 3.05) is 6.61 Å². The number of nitrogens with one attached hydrogen (secondary N) is 1. The number of benzene rings is 2. The summed E-state index contributed by atoms with van der Waals surface area (Å²) in [6.45, 7) is 6.85. The Labute approximate surface area is 163 Å². The maximum absolute atomic E-state index is 10.7. The third kappa shape index (κ3) is 4.05. The lowest BCUT2D eigenvalue weighted by molar-refractivity contribution is -0.729. The summed E-state index contributed by atoms with van der Waals surface area (Å²) in [5.74, 6) is 1.20. The summed E-state index contributed by atoms with van der Waals surface area (Å²) >= 11 is 3.55. The van der Waals surface area contributed by atoms with Gasteiger partial charge >= 0.3 is 0 Å². The van der Waals surface area contributed by atoms with E-state index in [1.165, 1.54) is 0 Å². The first-order valence-electron chi connectivity index (χ1n) is 9.03. The molecular formula is C21H26BrN2O2+. The topological polar surface area (TPSA) is 58.1 Å². The van der Waals surface area contributed by atoms with E-state index in [1.807, 2.05) is 37.3 Å². The summed E-state index contributed by atoms with van der Waals surface area (Å²) in [6.07, 6.45) is 2.39. The molecule has 3 rings (SSSR count). The number of nitrogens with two attached hydrogens (primary N) is 1. The van der Waals surface area contributed by atoms with Crippen molar-refractivity contribution < 1.29 is 15.2 Å². The number of phenolic OH excluding ortho intramolecular Hbond substituents is 1. The number of halogens is 1. The van der Waals surface area contributed by atoms with Gasteiger partial charge in [-0.05, 0) is 36.8 Å². The van der Waals surface area contributed by atoms with E-state index < -0.39 is 0 Å². The second kappa shape index (κ2) is 8.14. The predicted molar refractivity (Wildman–Crippen MR) is 108 cm³/mol. The SMILES string of the molecule is CCOc1cccc(C2C=C(c3cccc(Br)c3)NC(C(C)C)[NH2+]2)c1O. The molecule has 2 aromatic carbocycles. The van der Waals surface area contributed by atoms with Crippen LogP contribution < -0.4 is 15.4 Å². The van der Waals surface area contributed by atoms with Crippen molar-refractivity contribution >= 4 is 21.6 Å². The van der Waals surface area contributed by atoms with Crippen LogP contribution in [0.15, 0.2) is 53.0 Å². The van der Waals surface area contributed by atoms with Gasteiger partial charge in [0.2, 0.25) is 0 Å². The van der Waals surface area contributed by atoms with E-state index >= 15 is 0 Å². The van der Waals surface area contributed by atoms with Gasteiger partial charge in [-0.25, -0.2) is 0 Å². The van der Waals surface area contributed by atoms with Gasteiger partial charge in [-0.15, -0.1) is 0 Å². The zero-order chi connectivity index (χ0) is 18.7. The van der Waals surface area contributed by atoms with E-state index in [1.54, 1.807) is 0 Å². The van der Waals surface area contributed by atoms with Gasteiger partial charge in [0.05, 0.1) is 12.2 Å². The third-order valence-electron chi connectivity index (χ3n) is 4.63. The second-order valence-corrected chi connectivity index (χ2v) is 7.77. The van der Waals surface area contributed by atoms with Gasteiger partial charge in [0.15, 0.2) is 17.7 Å². The molecule has 1 heterocycles. The number of hydrogen-bond donors (Lipinski definition) is 3. The van der Waals surface area contributed by atoms with Gasteiger partial charge in [-0.3, -0.25) is 0 Å². The smallest absolute Gasteiger partial charge is 0.167 e. The molecule has 2 unspecified atom stereocenters. The number of phenols is 1. The normalized spacial score (nSPS) is 19.8. The minimum absolute atomic E-state index is 0.0121. The molecule has 4 nitrogen and oxygen atoms in total. The highest BCUT2D eigenvalue weighted by atomic mass is 79.9. The average molecular weight is 418 g/mol. The molecule has 0 aliphatic carbocycles. The molecule has 1 aliphatic heterocycles. The zero-order valence-electron chi connectivity index (χ0n) is 15.4. The van der Waals surface area contributed by atoms with Crippen LogP contribution in [0, 0.1) is 5.92 Å². The maximum Gasteiger partial charge on any atom is 0.167 e. The lowest BCUT2D eigenvalue weighted by Gasteiger charge is -2.32. The van der Waals surface area contributed by atoms with E-state index in [9.17, 15) is 5.11 Å². The van der Waals surface area contributed by atoms with Gasteiger partial charge in [-0.1, -0.05) is 48.0 Å². The van der Waals surface area contributed by atoms with Crippen LogP contribution in [-0.4, -0.2) is 17.9 Å². The fourth-order valence-corrected chi connectivity index (χ4v) is 3.63. The lowest BCUT2D eigenvalue weighted by atomic mass is 9.97. The third-order valence-corrected chi connectivity index (χ3v) is 5.12. The molecule has 0 amide bonds. The summed E-state index contributed by atoms with van der Waals surface area (Å²) in [7, 11) is 0. The highest BCUT2D eigenvalue weighted by molar-refractivity contribution is 9.10. The Balaban J connectivity index is 2.02. The van der Waals surface area contributed by atoms with Crippen molar-refractivity contribution in [2.24, 2.45) is 5.92 Å². The van der Waals surface area contributed by atoms with Gasteiger partial charge in [0.1, 0.15) is 6.04 Å². The molecule has 0 saturated carbocycles. The van der Waals surface area contributed by atoms with Crippen LogP contribution in [0.2, 0.25) is 0 Å².